The van der Waals surface area contributed by atoms with Gasteiger partial charge in [-0.05, 0) is 66.5 Å². The molecule has 0 aliphatic rings. The molecule has 0 spiro atoms. The van der Waals surface area contributed by atoms with Gasteiger partial charge in [0.25, 0.3) is 10.0 Å². The predicted octanol–water partition coefficient (Wildman–Crippen LogP) is 5.23. The van der Waals surface area contributed by atoms with Crippen LogP contribution >= 0.6 is 11.5 Å². The zero-order valence-electron chi connectivity index (χ0n) is 16.7. The summed E-state index contributed by atoms with van der Waals surface area (Å²) in [5, 5.41) is 5.98. The van der Waals surface area contributed by atoms with Gasteiger partial charge in [0.05, 0.1) is 16.6 Å². The molecule has 7 nitrogen and oxygen atoms in total. The van der Waals surface area contributed by atoms with Gasteiger partial charge in [0, 0.05) is 16.5 Å². The molecular weight excluding hydrogens is 449 g/mol. The number of benzene rings is 3. The summed E-state index contributed by atoms with van der Waals surface area (Å²) in [6.45, 7) is 1.68. The van der Waals surface area contributed by atoms with Crippen LogP contribution in [0.5, 0.6) is 0 Å². The number of hydrogen-bond donors (Lipinski definition) is 2. The van der Waals surface area contributed by atoms with Gasteiger partial charge < -0.3 is 5.32 Å². The van der Waals surface area contributed by atoms with E-state index in [0.29, 0.717) is 22.3 Å². The molecule has 2 aromatic heterocycles. The molecule has 0 fully saturated rings. The second-order valence-corrected chi connectivity index (χ2v) is 9.44. The van der Waals surface area contributed by atoms with E-state index in [9.17, 15) is 12.8 Å². The van der Waals surface area contributed by atoms with Crippen molar-refractivity contribution in [2.24, 2.45) is 0 Å². The number of aromatic nitrogens is 3. The highest BCUT2D eigenvalue weighted by Gasteiger charge is 2.22. The molecule has 5 rings (SSSR count). The van der Waals surface area contributed by atoms with Gasteiger partial charge in [-0.2, -0.15) is 4.37 Å². The summed E-state index contributed by atoms with van der Waals surface area (Å²) >= 11 is 1.35. The van der Waals surface area contributed by atoms with Crippen molar-refractivity contribution in [3.8, 4) is 0 Å². The Kier molecular flexibility index (Phi) is 4.95. The van der Waals surface area contributed by atoms with Gasteiger partial charge in [-0.3, -0.25) is 4.72 Å². The molecule has 32 heavy (non-hydrogen) atoms. The second kappa shape index (κ2) is 7.81. The van der Waals surface area contributed by atoms with Crippen LogP contribution < -0.4 is 10.0 Å². The molecule has 0 radical (unpaired) electrons. The number of fused-ring (bicyclic) bond motifs is 2. The van der Waals surface area contributed by atoms with E-state index in [0.717, 1.165) is 10.9 Å². The molecule has 3 aromatic carbocycles. The molecule has 0 bridgehead atoms. The zero-order chi connectivity index (χ0) is 22.3. The highest BCUT2D eigenvalue weighted by molar-refractivity contribution is 7.92. The normalized spacial score (nSPS) is 11.7. The molecule has 0 aliphatic carbocycles. The van der Waals surface area contributed by atoms with E-state index in [1.54, 1.807) is 25.1 Å². The fourth-order valence-electron chi connectivity index (χ4n) is 3.25. The Morgan fingerprint density at radius 1 is 0.906 bits per heavy atom. The first-order valence-electron chi connectivity index (χ1n) is 9.56. The van der Waals surface area contributed by atoms with E-state index in [1.807, 2.05) is 29.6 Å². The standard InChI is InChI=1S/C22H16FN5O2S2/c1-13-6-9-20(16(23)10-13)32(29,30)28-22-21(25-18-4-2-3-5-19(18)26-22)24-15-7-8-17-14(11-15)12-31-27-17/h2-12H,1H3,(H,24,25)(H,26,28). The number of hydrogen-bond acceptors (Lipinski definition) is 7. The summed E-state index contributed by atoms with van der Waals surface area (Å²) in [5.41, 5.74) is 3.24. The fourth-order valence-corrected chi connectivity index (χ4v) is 4.96. The monoisotopic (exact) mass is 465 g/mol. The van der Waals surface area contributed by atoms with E-state index in [1.165, 1.54) is 29.7 Å². The summed E-state index contributed by atoms with van der Waals surface area (Å²) in [7, 11) is -4.25. The van der Waals surface area contributed by atoms with Gasteiger partial charge >= 0.3 is 0 Å². The first-order chi connectivity index (χ1) is 15.4. The number of para-hydroxylation sites is 2. The Balaban J connectivity index is 1.59. The van der Waals surface area contributed by atoms with Crippen molar-refractivity contribution in [2.75, 3.05) is 10.0 Å². The van der Waals surface area contributed by atoms with Gasteiger partial charge in [-0.1, -0.05) is 18.2 Å². The van der Waals surface area contributed by atoms with E-state index in [2.05, 4.69) is 24.4 Å². The molecule has 2 heterocycles. The van der Waals surface area contributed by atoms with Gasteiger partial charge in [0.2, 0.25) is 0 Å². The highest BCUT2D eigenvalue weighted by atomic mass is 32.2. The molecule has 5 aromatic rings. The number of halogens is 1. The van der Waals surface area contributed by atoms with Crippen molar-refractivity contribution in [1.29, 1.82) is 0 Å². The first kappa shape index (κ1) is 20.3. The van der Waals surface area contributed by atoms with Crippen LogP contribution in [0.25, 0.3) is 21.9 Å². The molecular formula is C22H16FN5O2S2. The number of nitrogens with zero attached hydrogens (tertiary/aromatic N) is 3. The van der Waals surface area contributed by atoms with Gasteiger partial charge in [-0.25, -0.2) is 22.8 Å². The maximum absolute atomic E-state index is 14.4. The Morgan fingerprint density at radius 2 is 1.66 bits per heavy atom. The fraction of sp³-hybridized carbons (Fsp3) is 0.0455. The van der Waals surface area contributed by atoms with Crippen LogP contribution in [0.4, 0.5) is 21.7 Å². The third-order valence-corrected chi connectivity index (χ3v) is 6.83. The van der Waals surface area contributed by atoms with Gasteiger partial charge in [0.1, 0.15) is 10.7 Å². The number of anilines is 3. The number of rotatable bonds is 5. The average molecular weight is 466 g/mol. The first-order valence-corrected chi connectivity index (χ1v) is 11.9. The maximum atomic E-state index is 14.4. The van der Waals surface area contributed by atoms with Gasteiger partial charge in [0.15, 0.2) is 11.6 Å². The smallest absolute Gasteiger partial charge is 0.266 e. The van der Waals surface area contributed by atoms with Crippen LogP contribution in [-0.4, -0.2) is 22.8 Å². The Morgan fingerprint density at radius 3 is 2.41 bits per heavy atom. The molecule has 2 N–H and O–H groups in total. The highest BCUT2D eigenvalue weighted by Crippen LogP contribution is 2.29. The molecule has 10 heteroatoms. The summed E-state index contributed by atoms with van der Waals surface area (Å²) in [6, 6.07) is 16.6. The lowest BCUT2D eigenvalue weighted by Crippen LogP contribution is -2.17. The third kappa shape index (κ3) is 3.85. The van der Waals surface area contributed by atoms with Crippen molar-refractivity contribution in [3.05, 3.63) is 77.4 Å². The summed E-state index contributed by atoms with van der Waals surface area (Å²) in [6.07, 6.45) is 0. The van der Waals surface area contributed by atoms with Crippen LogP contribution in [0.15, 0.2) is 70.9 Å². The van der Waals surface area contributed by atoms with E-state index in [-0.39, 0.29) is 11.6 Å². The minimum Gasteiger partial charge on any atom is -0.337 e. The largest absolute Gasteiger partial charge is 0.337 e. The molecule has 160 valence electrons. The van der Waals surface area contributed by atoms with Crippen LogP contribution in [0.2, 0.25) is 0 Å². The third-order valence-electron chi connectivity index (χ3n) is 4.80. The van der Waals surface area contributed by atoms with Crippen molar-refractivity contribution < 1.29 is 12.8 Å². The van der Waals surface area contributed by atoms with Crippen LogP contribution in [-0.2, 0) is 10.0 Å². The van der Waals surface area contributed by atoms with Gasteiger partial charge in [-0.15, -0.1) is 0 Å². The Labute approximate surface area is 187 Å². The maximum Gasteiger partial charge on any atom is 0.266 e. The zero-order valence-corrected chi connectivity index (χ0v) is 18.3. The SMILES string of the molecule is Cc1ccc(S(=O)(=O)Nc2nc3ccccc3nc2Nc2ccc3nscc3c2)c(F)c1. The Bertz CT molecular complexity index is 1580. The molecule has 0 atom stereocenters. The number of sulfonamides is 1. The van der Waals surface area contributed by atoms with E-state index >= 15 is 0 Å². The molecule has 0 unspecified atom stereocenters. The molecule has 0 aliphatic heterocycles. The van der Waals surface area contributed by atoms with Crippen LogP contribution in [0.1, 0.15) is 5.56 Å². The minimum atomic E-state index is -4.25. The summed E-state index contributed by atoms with van der Waals surface area (Å²) in [5.74, 6) is -0.675. The van der Waals surface area contributed by atoms with Crippen molar-refractivity contribution in [3.63, 3.8) is 0 Å². The van der Waals surface area contributed by atoms with Crippen LogP contribution in [0.3, 0.4) is 0 Å². The number of nitrogens with one attached hydrogen (secondary N) is 2. The van der Waals surface area contributed by atoms with E-state index < -0.39 is 20.7 Å². The molecule has 0 saturated carbocycles. The molecule has 0 amide bonds. The lowest BCUT2D eigenvalue weighted by Gasteiger charge is -2.14. The lowest BCUT2D eigenvalue weighted by molar-refractivity contribution is 0.569. The van der Waals surface area contributed by atoms with Crippen LogP contribution in [0, 0.1) is 12.7 Å². The van der Waals surface area contributed by atoms with Crippen molar-refractivity contribution >= 4 is 60.8 Å². The Hall–Kier alpha value is -3.63. The minimum absolute atomic E-state index is 0.0350. The average Bonchev–Trinajstić information content (AvgIpc) is 3.21. The molecule has 0 saturated heterocycles. The predicted molar refractivity (Wildman–Crippen MR) is 124 cm³/mol. The van der Waals surface area contributed by atoms with Crippen molar-refractivity contribution in [2.45, 2.75) is 11.8 Å². The number of aryl methyl sites for hydroxylation is 1. The van der Waals surface area contributed by atoms with Crippen molar-refractivity contribution in [1.82, 2.24) is 14.3 Å². The topological polar surface area (TPSA) is 96.9 Å². The summed E-state index contributed by atoms with van der Waals surface area (Å²) < 4.78 is 47.0. The summed E-state index contributed by atoms with van der Waals surface area (Å²) in [4.78, 5) is 8.52. The quantitative estimate of drug-likeness (QED) is 0.369. The van der Waals surface area contributed by atoms with E-state index in [4.69, 9.17) is 0 Å². The lowest BCUT2D eigenvalue weighted by atomic mass is 10.2. The second-order valence-electron chi connectivity index (χ2n) is 7.16.